The lowest BCUT2D eigenvalue weighted by Crippen LogP contribution is -2.39. The molecular weight excluding hydrogens is 259 g/mol. The van der Waals surface area contributed by atoms with Gasteiger partial charge in [0.2, 0.25) is 0 Å². The molecule has 1 fully saturated rings. The minimum Gasteiger partial charge on any atom is -0.337 e. The van der Waals surface area contributed by atoms with Crippen molar-refractivity contribution >= 4 is 5.91 Å². The van der Waals surface area contributed by atoms with Crippen LogP contribution in [0.15, 0.2) is 30.6 Å². The fraction of sp³-hybridized carbons (Fsp3) is 0.357. The Hall–Kier alpha value is -2.24. The largest absolute Gasteiger partial charge is 0.337 e. The van der Waals surface area contributed by atoms with Crippen LogP contribution >= 0.6 is 0 Å². The first kappa shape index (κ1) is 12.8. The van der Waals surface area contributed by atoms with Gasteiger partial charge in [-0.15, -0.1) is 0 Å². The molecule has 1 saturated heterocycles. The molecule has 1 N–H and O–H groups in total. The van der Waals surface area contributed by atoms with Gasteiger partial charge in [-0.1, -0.05) is 0 Å². The van der Waals surface area contributed by atoms with Crippen LogP contribution in [-0.2, 0) is 0 Å². The zero-order chi connectivity index (χ0) is 13.9. The molecule has 20 heavy (non-hydrogen) atoms. The van der Waals surface area contributed by atoms with Crippen molar-refractivity contribution in [1.82, 2.24) is 20.1 Å². The minimum absolute atomic E-state index is 0.144. The molecule has 6 heteroatoms. The van der Waals surface area contributed by atoms with E-state index < -0.39 is 5.82 Å². The molecule has 0 spiro atoms. The Morgan fingerprint density at radius 3 is 3.00 bits per heavy atom. The number of nitrogens with zero attached hydrogens (tertiary/aromatic N) is 3. The Morgan fingerprint density at radius 1 is 1.40 bits per heavy atom. The Balaban J connectivity index is 1.73. The van der Waals surface area contributed by atoms with E-state index in [1.807, 2.05) is 6.07 Å². The van der Waals surface area contributed by atoms with Gasteiger partial charge >= 0.3 is 0 Å². The summed E-state index contributed by atoms with van der Waals surface area (Å²) in [6.45, 7) is 1.35. The van der Waals surface area contributed by atoms with Crippen LogP contribution < -0.4 is 0 Å². The van der Waals surface area contributed by atoms with Crippen LogP contribution in [0.25, 0.3) is 0 Å². The van der Waals surface area contributed by atoms with Crippen LogP contribution in [0.2, 0.25) is 0 Å². The lowest BCUT2D eigenvalue weighted by Gasteiger charge is -2.32. The summed E-state index contributed by atoms with van der Waals surface area (Å²) >= 11 is 0. The predicted molar refractivity (Wildman–Crippen MR) is 70.7 cm³/mol. The van der Waals surface area contributed by atoms with Crippen LogP contribution in [-0.4, -0.2) is 39.1 Å². The zero-order valence-corrected chi connectivity index (χ0v) is 10.9. The third-order valence-electron chi connectivity index (χ3n) is 3.62. The van der Waals surface area contributed by atoms with E-state index in [0.717, 1.165) is 24.7 Å². The van der Waals surface area contributed by atoms with Crippen molar-refractivity contribution in [3.8, 4) is 0 Å². The highest BCUT2D eigenvalue weighted by atomic mass is 19.1. The molecule has 104 valence electrons. The first-order valence-corrected chi connectivity index (χ1v) is 6.64. The molecule has 0 bridgehead atoms. The average molecular weight is 274 g/mol. The number of aromatic amines is 1. The Kier molecular flexibility index (Phi) is 3.45. The summed E-state index contributed by atoms with van der Waals surface area (Å²) in [5.41, 5.74) is 1.34. The van der Waals surface area contributed by atoms with Gasteiger partial charge in [0, 0.05) is 30.9 Å². The maximum Gasteiger partial charge on any atom is 0.272 e. The smallest absolute Gasteiger partial charge is 0.272 e. The van der Waals surface area contributed by atoms with Crippen molar-refractivity contribution in [1.29, 1.82) is 0 Å². The second-order valence-electron chi connectivity index (χ2n) is 4.96. The van der Waals surface area contributed by atoms with Gasteiger partial charge in [0.05, 0.1) is 6.20 Å². The van der Waals surface area contributed by atoms with Crippen molar-refractivity contribution in [3.05, 3.63) is 47.8 Å². The third kappa shape index (κ3) is 2.54. The molecule has 5 nitrogen and oxygen atoms in total. The normalized spacial score (nSPS) is 19.1. The molecule has 0 aliphatic carbocycles. The van der Waals surface area contributed by atoms with Gasteiger partial charge in [0.15, 0.2) is 0 Å². The Bertz CT molecular complexity index is 582. The summed E-state index contributed by atoms with van der Waals surface area (Å²) < 4.78 is 12.8. The lowest BCUT2D eigenvalue weighted by molar-refractivity contribution is 0.0700. The number of carbonyl (C=O) groups excluding carboxylic acids is 1. The first-order chi connectivity index (χ1) is 9.74. The van der Waals surface area contributed by atoms with Crippen LogP contribution in [0.4, 0.5) is 4.39 Å². The number of rotatable bonds is 2. The fourth-order valence-corrected chi connectivity index (χ4v) is 2.57. The van der Waals surface area contributed by atoms with Gasteiger partial charge in [-0.2, -0.15) is 5.10 Å². The number of H-pyrrole nitrogens is 1. The molecule has 0 radical (unpaired) electrons. The van der Waals surface area contributed by atoms with Gasteiger partial charge in [0.1, 0.15) is 11.5 Å². The quantitative estimate of drug-likeness (QED) is 0.910. The lowest BCUT2D eigenvalue weighted by atomic mass is 9.95. The molecule has 1 atom stereocenters. The molecule has 0 saturated carbocycles. The van der Waals surface area contributed by atoms with Crippen LogP contribution in [0.5, 0.6) is 0 Å². The van der Waals surface area contributed by atoms with Crippen molar-refractivity contribution < 1.29 is 9.18 Å². The number of halogens is 1. The number of carbonyl (C=O) groups is 1. The van der Waals surface area contributed by atoms with Crippen molar-refractivity contribution in [2.24, 2.45) is 0 Å². The van der Waals surface area contributed by atoms with E-state index in [1.54, 1.807) is 11.1 Å². The fourth-order valence-electron chi connectivity index (χ4n) is 2.57. The first-order valence-electron chi connectivity index (χ1n) is 6.64. The van der Waals surface area contributed by atoms with Gasteiger partial charge in [-0.3, -0.25) is 9.89 Å². The minimum atomic E-state index is -0.435. The molecule has 2 aromatic rings. The molecule has 0 aromatic carbocycles. The van der Waals surface area contributed by atoms with Crippen LogP contribution in [0, 0.1) is 5.82 Å². The molecule has 1 aliphatic heterocycles. The van der Waals surface area contributed by atoms with E-state index >= 15 is 0 Å². The van der Waals surface area contributed by atoms with Crippen molar-refractivity contribution in [3.63, 3.8) is 0 Å². The van der Waals surface area contributed by atoms with Gasteiger partial charge in [-0.05, 0) is 31.0 Å². The number of amides is 1. The van der Waals surface area contributed by atoms with E-state index in [1.165, 1.54) is 12.1 Å². The SMILES string of the molecule is O=C(c1ccc(F)cn1)N1CCCC(c2ccn[nH]2)C1. The summed E-state index contributed by atoms with van der Waals surface area (Å²) in [6.07, 6.45) is 4.76. The van der Waals surface area contributed by atoms with E-state index in [-0.39, 0.29) is 17.5 Å². The summed E-state index contributed by atoms with van der Waals surface area (Å²) in [7, 11) is 0. The Labute approximate surface area is 115 Å². The second kappa shape index (κ2) is 5.40. The summed E-state index contributed by atoms with van der Waals surface area (Å²) in [6, 6.07) is 4.63. The molecule has 1 unspecified atom stereocenters. The molecule has 3 heterocycles. The molecular formula is C14H15FN4O. The summed E-state index contributed by atoms with van der Waals surface area (Å²) in [5, 5.41) is 6.91. The van der Waals surface area contributed by atoms with Gasteiger partial charge in [0.25, 0.3) is 5.91 Å². The molecule has 2 aromatic heterocycles. The number of nitrogens with one attached hydrogen (secondary N) is 1. The highest BCUT2D eigenvalue weighted by Gasteiger charge is 2.26. The maximum absolute atomic E-state index is 12.8. The topological polar surface area (TPSA) is 61.9 Å². The number of hydrogen-bond acceptors (Lipinski definition) is 3. The Morgan fingerprint density at radius 2 is 2.30 bits per heavy atom. The van der Waals surface area contributed by atoms with E-state index in [0.29, 0.717) is 13.1 Å². The highest BCUT2D eigenvalue weighted by molar-refractivity contribution is 5.92. The monoisotopic (exact) mass is 274 g/mol. The van der Waals surface area contributed by atoms with Gasteiger partial charge in [-0.25, -0.2) is 9.37 Å². The van der Waals surface area contributed by atoms with E-state index in [4.69, 9.17) is 0 Å². The standard InChI is InChI=1S/C14H15FN4O/c15-11-3-4-13(16-8-11)14(20)19-7-1-2-10(9-19)12-5-6-17-18-12/h3-6,8,10H,1-2,7,9H2,(H,17,18). The zero-order valence-electron chi connectivity index (χ0n) is 10.9. The van der Waals surface area contributed by atoms with Crippen LogP contribution in [0.1, 0.15) is 34.9 Å². The second-order valence-corrected chi connectivity index (χ2v) is 4.96. The number of likely N-dealkylation sites (tertiary alicyclic amines) is 1. The van der Waals surface area contributed by atoms with Crippen molar-refractivity contribution in [2.45, 2.75) is 18.8 Å². The van der Waals surface area contributed by atoms with E-state index in [2.05, 4.69) is 15.2 Å². The number of piperidine rings is 1. The van der Waals surface area contributed by atoms with Crippen molar-refractivity contribution in [2.75, 3.05) is 13.1 Å². The highest BCUT2D eigenvalue weighted by Crippen LogP contribution is 2.25. The summed E-state index contributed by atoms with van der Waals surface area (Å²) in [4.78, 5) is 18.0. The predicted octanol–water partition coefficient (Wildman–Crippen LogP) is 1.96. The number of pyridine rings is 1. The molecule has 1 amide bonds. The molecule has 3 rings (SSSR count). The van der Waals surface area contributed by atoms with Gasteiger partial charge < -0.3 is 4.90 Å². The van der Waals surface area contributed by atoms with Crippen LogP contribution in [0.3, 0.4) is 0 Å². The summed E-state index contributed by atoms with van der Waals surface area (Å²) in [5.74, 6) is -0.305. The number of aromatic nitrogens is 3. The molecule has 1 aliphatic rings. The average Bonchev–Trinajstić information content (AvgIpc) is 3.02. The maximum atomic E-state index is 12.8. The van der Waals surface area contributed by atoms with E-state index in [9.17, 15) is 9.18 Å². The number of hydrogen-bond donors (Lipinski definition) is 1. The third-order valence-corrected chi connectivity index (χ3v) is 3.62.